The maximum absolute atomic E-state index is 13.1. The van der Waals surface area contributed by atoms with Gasteiger partial charge < -0.3 is 20.0 Å². The summed E-state index contributed by atoms with van der Waals surface area (Å²) < 4.78 is 6.95. The minimum absolute atomic E-state index is 0.267. The van der Waals surface area contributed by atoms with Crippen LogP contribution < -0.4 is 15.6 Å². The van der Waals surface area contributed by atoms with Crippen molar-refractivity contribution in [1.82, 2.24) is 34.7 Å². The molecule has 1 aromatic carbocycles. The van der Waals surface area contributed by atoms with Gasteiger partial charge in [0, 0.05) is 31.7 Å². The van der Waals surface area contributed by atoms with E-state index >= 15 is 0 Å². The molecule has 156 valence electrons. The summed E-state index contributed by atoms with van der Waals surface area (Å²) in [6, 6.07) is 7.00. The van der Waals surface area contributed by atoms with E-state index in [9.17, 15) is 4.79 Å². The lowest BCUT2D eigenvalue weighted by Crippen LogP contribution is -2.17. The summed E-state index contributed by atoms with van der Waals surface area (Å²) in [4.78, 5) is 32.5. The number of methoxy groups -OCH3 is 1. The fourth-order valence-corrected chi connectivity index (χ4v) is 3.60. The van der Waals surface area contributed by atoms with Crippen LogP contribution in [0.5, 0.6) is 5.75 Å². The van der Waals surface area contributed by atoms with Crippen LogP contribution in [0, 0.1) is 0 Å². The molecule has 5 rings (SSSR count). The largest absolute Gasteiger partial charge is 0.497 e. The molecule has 0 fully saturated rings. The minimum atomic E-state index is -0.282. The van der Waals surface area contributed by atoms with Gasteiger partial charge in [0.1, 0.15) is 28.5 Å². The standard InChI is InChI=1S/C21H20N8O2/c1-11(19-22-7-4-8-23-19)24-18-16(21(30)27-15-10-29(2)28-17(15)18)20-25-13-6-5-12(31-3)9-14(13)26-20/h4-11,24H,1-3H3,(H,25,26)(H,27,30)/t11-/m0/s1. The summed E-state index contributed by atoms with van der Waals surface area (Å²) in [6.45, 7) is 1.93. The van der Waals surface area contributed by atoms with Crippen molar-refractivity contribution < 1.29 is 4.74 Å². The third-order valence-corrected chi connectivity index (χ3v) is 5.05. The van der Waals surface area contributed by atoms with Gasteiger partial charge in [0.25, 0.3) is 5.56 Å². The molecule has 0 bridgehead atoms. The van der Waals surface area contributed by atoms with Gasteiger partial charge in [-0.05, 0) is 25.1 Å². The molecule has 4 aromatic heterocycles. The van der Waals surface area contributed by atoms with Crippen molar-refractivity contribution in [2.75, 3.05) is 12.4 Å². The number of anilines is 1. The lowest BCUT2D eigenvalue weighted by atomic mass is 10.1. The number of aromatic nitrogens is 7. The Morgan fingerprint density at radius 1 is 1.16 bits per heavy atom. The highest BCUT2D eigenvalue weighted by Gasteiger charge is 2.22. The normalized spacial score (nSPS) is 12.4. The number of hydrogen-bond acceptors (Lipinski definition) is 7. The van der Waals surface area contributed by atoms with Crippen LogP contribution in [0.4, 0.5) is 5.69 Å². The quantitative estimate of drug-likeness (QED) is 0.402. The molecular weight excluding hydrogens is 396 g/mol. The van der Waals surface area contributed by atoms with E-state index in [-0.39, 0.29) is 11.6 Å². The zero-order chi connectivity index (χ0) is 21.5. The van der Waals surface area contributed by atoms with E-state index in [4.69, 9.17) is 4.74 Å². The highest BCUT2D eigenvalue weighted by Crippen LogP contribution is 2.32. The van der Waals surface area contributed by atoms with Gasteiger partial charge in [-0.2, -0.15) is 5.10 Å². The van der Waals surface area contributed by atoms with Gasteiger partial charge in [-0.1, -0.05) is 0 Å². The third kappa shape index (κ3) is 3.27. The maximum Gasteiger partial charge on any atom is 0.261 e. The van der Waals surface area contributed by atoms with Crippen LogP contribution in [0.2, 0.25) is 0 Å². The number of aryl methyl sites for hydroxylation is 1. The van der Waals surface area contributed by atoms with Gasteiger partial charge in [0.05, 0.1) is 35.4 Å². The SMILES string of the molecule is COc1ccc2nc(-c3c(N[C@@H](C)c4ncccn4)c4nn(C)cc4[nH]c3=O)[nH]c2c1. The lowest BCUT2D eigenvalue weighted by molar-refractivity contribution is 0.415. The molecule has 4 heterocycles. The lowest BCUT2D eigenvalue weighted by Gasteiger charge is -2.16. The smallest absolute Gasteiger partial charge is 0.261 e. The summed E-state index contributed by atoms with van der Waals surface area (Å²) in [5.41, 5.74) is 3.38. The fraction of sp³-hybridized carbons (Fsp3) is 0.190. The molecule has 10 heteroatoms. The zero-order valence-electron chi connectivity index (χ0n) is 17.2. The van der Waals surface area contributed by atoms with Crippen molar-refractivity contribution in [2.24, 2.45) is 7.05 Å². The van der Waals surface area contributed by atoms with Gasteiger partial charge in [-0.15, -0.1) is 0 Å². The molecule has 31 heavy (non-hydrogen) atoms. The van der Waals surface area contributed by atoms with E-state index < -0.39 is 0 Å². The molecule has 0 aliphatic carbocycles. The molecular formula is C21H20N8O2. The second kappa shape index (κ2) is 7.24. The van der Waals surface area contributed by atoms with Gasteiger partial charge in [-0.3, -0.25) is 9.48 Å². The number of ether oxygens (including phenoxy) is 1. The molecule has 0 unspecified atom stereocenters. The second-order valence-corrected chi connectivity index (χ2v) is 7.21. The molecule has 3 N–H and O–H groups in total. The summed E-state index contributed by atoms with van der Waals surface area (Å²) in [5, 5.41) is 7.93. The number of aromatic amines is 2. The molecule has 0 saturated carbocycles. The Balaban J connectivity index is 1.71. The average molecular weight is 416 g/mol. The third-order valence-electron chi connectivity index (χ3n) is 5.05. The number of benzene rings is 1. The molecule has 0 radical (unpaired) electrons. The predicted molar refractivity (Wildman–Crippen MR) is 117 cm³/mol. The summed E-state index contributed by atoms with van der Waals surface area (Å²) >= 11 is 0. The first kappa shape index (κ1) is 18.8. The monoisotopic (exact) mass is 416 g/mol. The Bertz CT molecular complexity index is 1450. The first-order valence-electron chi connectivity index (χ1n) is 9.70. The summed E-state index contributed by atoms with van der Waals surface area (Å²) in [6.07, 6.45) is 5.13. The number of rotatable bonds is 5. The van der Waals surface area contributed by atoms with Crippen molar-refractivity contribution in [3.05, 3.63) is 59.0 Å². The van der Waals surface area contributed by atoms with Gasteiger partial charge in [0.2, 0.25) is 0 Å². The van der Waals surface area contributed by atoms with Crippen molar-refractivity contribution >= 4 is 27.8 Å². The first-order chi connectivity index (χ1) is 15.0. The number of nitrogens with zero attached hydrogens (tertiary/aromatic N) is 5. The first-order valence-corrected chi connectivity index (χ1v) is 9.70. The molecule has 0 aliphatic rings. The average Bonchev–Trinajstić information content (AvgIpc) is 3.35. The number of pyridine rings is 1. The van der Waals surface area contributed by atoms with Crippen LogP contribution in [-0.2, 0) is 7.05 Å². The minimum Gasteiger partial charge on any atom is -0.497 e. The molecule has 0 aliphatic heterocycles. The Morgan fingerprint density at radius 3 is 2.74 bits per heavy atom. The maximum atomic E-state index is 13.1. The van der Waals surface area contributed by atoms with E-state index in [1.165, 1.54) is 0 Å². The van der Waals surface area contributed by atoms with Crippen molar-refractivity contribution in [3.63, 3.8) is 0 Å². The highest BCUT2D eigenvalue weighted by atomic mass is 16.5. The number of fused-ring (bicyclic) bond motifs is 2. The van der Waals surface area contributed by atoms with E-state index in [0.717, 1.165) is 11.0 Å². The molecule has 0 amide bonds. The van der Waals surface area contributed by atoms with Crippen LogP contribution in [0.3, 0.4) is 0 Å². The number of imidazole rings is 1. The van der Waals surface area contributed by atoms with Crippen LogP contribution in [0.15, 0.2) is 47.7 Å². The number of H-pyrrole nitrogens is 2. The van der Waals surface area contributed by atoms with Gasteiger partial charge in [-0.25, -0.2) is 15.0 Å². The van der Waals surface area contributed by atoms with Crippen LogP contribution >= 0.6 is 0 Å². The van der Waals surface area contributed by atoms with Crippen molar-refractivity contribution in [2.45, 2.75) is 13.0 Å². The molecule has 5 aromatic rings. The van der Waals surface area contributed by atoms with Gasteiger partial charge in [0.15, 0.2) is 0 Å². The molecule has 10 nitrogen and oxygen atoms in total. The van der Waals surface area contributed by atoms with E-state index in [1.807, 2.05) is 25.1 Å². The molecule has 1 atom stereocenters. The Morgan fingerprint density at radius 2 is 1.97 bits per heavy atom. The topological polar surface area (TPSA) is 126 Å². The van der Waals surface area contributed by atoms with E-state index in [1.54, 1.807) is 43.5 Å². The van der Waals surface area contributed by atoms with Crippen LogP contribution in [0.1, 0.15) is 18.8 Å². The Labute approximate surface area is 176 Å². The second-order valence-electron chi connectivity index (χ2n) is 7.21. The highest BCUT2D eigenvalue weighted by molar-refractivity contribution is 5.96. The Hall–Kier alpha value is -4.21. The summed E-state index contributed by atoms with van der Waals surface area (Å²) in [5.74, 6) is 1.73. The van der Waals surface area contributed by atoms with Crippen LogP contribution in [-0.4, -0.2) is 41.8 Å². The Kier molecular flexibility index (Phi) is 4.39. The predicted octanol–water partition coefficient (Wildman–Crippen LogP) is 2.78. The number of hydrogen-bond donors (Lipinski definition) is 3. The van der Waals surface area contributed by atoms with Crippen molar-refractivity contribution in [1.29, 1.82) is 0 Å². The van der Waals surface area contributed by atoms with E-state index in [0.29, 0.717) is 39.7 Å². The zero-order valence-corrected chi connectivity index (χ0v) is 17.2. The molecule has 0 saturated heterocycles. The van der Waals surface area contributed by atoms with Gasteiger partial charge >= 0.3 is 0 Å². The van der Waals surface area contributed by atoms with Crippen molar-refractivity contribution in [3.8, 4) is 17.1 Å². The fourth-order valence-electron chi connectivity index (χ4n) is 3.60. The van der Waals surface area contributed by atoms with E-state index in [2.05, 4.69) is 35.3 Å². The number of nitrogens with one attached hydrogen (secondary N) is 3. The molecule has 0 spiro atoms. The van der Waals surface area contributed by atoms with Crippen LogP contribution in [0.25, 0.3) is 33.5 Å². The summed E-state index contributed by atoms with van der Waals surface area (Å²) in [7, 11) is 3.41.